The van der Waals surface area contributed by atoms with Crippen LogP contribution in [-0.4, -0.2) is 17.4 Å². The Morgan fingerprint density at radius 1 is 1.21 bits per heavy atom. The summed E-state index contributed by atoms with van der Waals surface area (Å²) in [6.45, 7) is 4.16. The second-order valence-electron chi connectivity index (χ2n) is 9.43. The Bertz CT molecular complexity index is 1380. The van der Waals surface area contributed by atoms with Crippen LogP contribution < -0.4 is 10.6 Å². The second kappa shape index (κ2) is 11.3. The van der Waals surface area contributed by atoms with Gasteiger partial charge >= 0.3 is 6.18 Å². The highest BCUT2D eigenvalue weighted by Crippen LogP contribution is 2.44. The summed E-state index contributed by atoms with van der Waals surface area (Å²) in [6, 6.07) is 12.8. The molecule has 38 heavy (non-hydrogen) atoms. The highest BCUT2D eigenvalue weighted by atomic mass is 35.5. The van der Waals surface area contributed by atoms with Crippen LogP contribution in [0.2, 0.25) is 5.02 Å². The molecule has 5 nitrogen and oxygen atoms in total. The van der Waals surface area contributed by atoms with Crippen molar-refractivity contribution < 1.29 is 22.8 Å². The van der Waals surface area contributed by atoms with Crippen LogP contribution in [-0.2, 0) is 15.8 Å². The topological polar surface area (TPSA) is 82.0 Å². The summed E-state index contributed by atoms with van der Waals surface area (Å²) in [5, 5.41) is 16.2. The summed E-state index contributed by atoms with van der Waals surface area (Å²) in [7, 11) is 0. The summed E-state index contributed by atoms with van der Waals surface area (Å²) in [5.74, 6) is -1.02. The summed E-state index contributed by atoms with van der Waals surface area (Å²) >= 11 is 7.06. The molecule has 2 aliphatic rings. The summed E-state index contributed by atoms with van der Waals surface area (Å²) < 4.78 is 39.2. The van der Waals surface area contributed by atoms with Gasteiger partial charge in [-0.2, -0.15) is 18.4 Å². The zero-order valence-electron chi connectivity index (χ0n) is 20.7. The number of rotatable bonds is 6. The number of hydrogen-bond donors (Lipinski definition) is 2. The van der Waals surface area contributed by atoms with E-state index in [1.165, 1.54) is 0 Å². The first-order valence-electron chi connectivity index (χ1n) is 12.1. The van der Waals surface area contributed by atoms with E-state index in [9.17, 15) is 28.0 Å². The van der Waals surface area contributed by atoms with Gasteiger partial charge in [0.2, 0.25) is 5.91 Å². The van der Waals surface area contributed by atoms with Crippen molar-refractivity contribution in [1.82, 2.24) is 5.32 Å². The van der Waals surface area contributed by atoms with E-state index in [4.69, 9.17) is 11.6 Å². The zero-order chi connectivity index (χ0) is 27.6. The van der Waals surface area contributed by atoms with E-state index >= 15 is 0 Å². The van der Waals surface area contributed by atoms with Gasteiger partial charge in [0, 0.05) is 17.7 Å². The van der Waals surface area contributed by atoms with E-state index in [-0.39, 0.29) is 22.2 Å². The number of Topliss-reactive ketones (excluding diaryl/α,β-unsaturated/α-hetero) is 1. The molecular formula is C28H25ClF3N3O2S. The second-order valence-corrected chi connectivity index (χ2v) is 10.8. The first kappa shape index (κ1) is 27.8. The van der Waals surface area contributed by atoms with Crippen LogP contribution in [0.5, 0.6) is 0 Å². The Labute approximate surface area is 228 Å². The molecule has 0 unspecified atom stereocenters. The third-order valence-corrected chi connectivity index (χ3v) is 7.86. The minimum absolute atomic E-state index is 0.00887. The fraction of sp³-hybridized carbons (Fsp3) is 0.321. The molecule has 0 saturated carbocycles. The molecule has 1 heterocycles. The number of allylic oxidation sites excluding steroid dienone is 3. The maximum absolute atomic E-state index is 13.1. The number of nitriles is 1. The number of amides is 1. The van der Waals surface area contributed by atoms with Crippen molar-refractivity contribution in [3.05, 3.63) is 86.0 Å². The minimum atomic E-state index is -4.58. The molecule has 10 heteroatoms. The Morgan fingerprint density at radius 3 is 2.55 bits per heavy atom. The number of carbonyl (C=O) groups excluding carboxylic acids is 2. The molecule has 0 fully saturated rings. The van der Waals surface area contributed by atoms with Crippen molar-refractivity contribution in [1.29, 1.82) is 5.26 Å². The Morgan fingerprint density at radius 2 is 1.92 bits per heavy atom. The van der Waals surface area contributed by atoms with Gasteiger partial charge in [0.05, 0.1) is 44.6 Å². The molecule has 0 bridgehead atoms. The largest absolute Gasteiger partial charge is 0.416 e. The molecule has 2 aromatic rings. The van der Waals surface area contributed by atoms with Gasteiger partial charge in [0.15, 0.2) is 5.78 Å². The quantitative estimate of drug-likeness (QED) is 0.388. The number of anilines is 1. The first-order chi connectivity index (χ1) is 18.0. The highest BCUT2D eigenvalue weighted by Gasteiger charge is 2.37. The first-order valence-corrected chi connectivity index (χ1v) is 13.4. The molecule has 2 aromatic carbocycles. The van der Waals surface area contributed by atoms with Gasteiger partial charge in [0.1, 0.15) is 0 Å². The molecule has 1 aliphatic carbocycles. The predicted octanol–water partition coefficient (Wildman–Crippen LogP) is 7.28. The van der Waals surface area contributed by atoms with E-state index in [1.54, 1.807) is 0 Å². The number of carbonyl (C=O) groups is 2. The van der Waals surface area contributed by atoms with Crippen molar-refractivity contribution in [2.24, 2.45) is 0 Å². The van der Waals surface area contributed by atoms with Crippen molar-refractivity contribution in [3.8, 4) is 6.07 Å². The average molecular weight is 560 g/mol. The predicted molar refractivity (Wildman–Crippen MR) is 142 cm³/mol. The van der Waals surface area contributed by atoms with Crippen LogP contribution in [0.1, 0.15) is 61.6 Å². The summed E-state index contributed by atoms with van der Waals surface area (Å²) in [4.78, 5) is 25.6. The number of thioether (sulfide) groups is 1. The van der Waals surface area contributed by atoms with Gasteiger partial charge in [-0.05, 0) is 48.1 Å². The third-order valence-electron chi connectivity index (χ3n) is 6.51. The maximum Gasteiger partial charge on any atom is 0.416 e. The molecule has 4 rings (SSSR count). The van der Waals surface area contributed by atoms with Gasteiger partial charge in [0.25, 0.3) is 0 Å². The van der Waals surface area contributed by atoms with Crippen LogP contribution in [0, 0.1) is 11.3 Å². The van der Waals surface area contributed by atoms with E-state index in [0.717, 1.165) is 46.8 Å². The SMILES string of the molecule is CC(C)c1ccc([C@@H]2C(C#N)=C(SCC(=O)Nc3cc(C(F)(F)F)ccc3Cl)NC3=C2C(=O)CCC3)cc1. The molecule has 0 aromatic heterocycles. The van der Waals surface area contributed by atoms with E-state index < -0.39 is 23.6 Å². The van der Waals surface area contributed by atoms with Gasteiger partial charge < -0.3 is 10.6 Å². The molecule has 1 atom stereocenters. The normalized spacial score (nSPS) is 17.7. The lowest BCUT2D eigenvalue weighted by atomic mass is 9.76. The molecule has 2 N–H and O–H groups in total. The van der Waals surface area contributed by atoms with Crippen LogP contribution in [0.4, 0.5) is 18.9 Å². The number of benzene rings is 2. The van der Waals surface area contributed by atoms with Crippen LogP contribution in [0.25, 0.3) is 0 Å². The monoisotopic (exact) mass is 559 g/mol. The smallest absolute Gasteiger partial charge is 0.352 e. The van der Waals surface area contributed by atoms with Gasteiger partial charge in [-0.15, -0.1) is 0 Å². The van der Waals surface area contributed by atoms with E-state index in [0.29, 0.717) is 41.4 Å². The lowest BCUT2D eigenvalue weighted by molar-refractivity contribution is -0.137. The molecule has 198 valence electrons. The van der Waals surface area contributed by atoms with Crippen molar-refractivity contribution in [2.45, 2.75) is 51.1 Å². The number of nitrogens with zero attached hydrogens (tertiary/aromatic N) is 1. The van der Waals surface area contributed by atoms with E-state index in [2.05, 4.69) is 30.6 Å². The standard InChI is InChI=1S/C28H25ClF3N3O2S/c1-15(2)16-6-8-17(9-7-16)25-19(13-33)27(35-21-4-3-5-23(36)26(21)25)38-14-24(37)34-22-12-18(28(30,31)32)10-11-20(22)29/h6-12,15,25,35H,3-5,14H2,1-2H3,(H,34,37)/t25-/m1/s1. The lowest BCUT2D eigenvalue weighted by Gasteiger charge is -2.33. The highest BCUT2D eigenvalue weighted by molar-refractivity contribution is 8.03. The fourth-order valence-corrected chi connectivity index (χ4v) is 5.59. The van der Waals surface area contributed by atoms with Crippen molar-refractivity contribution in [3.63, 3.8) is 0 Å². The molecule has 0 radical (unpaired) electrons. The Balaban J connectivity index is 1.60. The van der Waals surface area contributed by atoms with Gasteiger partial charge in [-0.3, -0.25) is 9.59 Å². The minimum Gasteiger partial charge on any atom is -0.352 e. The molecule has 1 aliphatic heterocycles. The average Bonchev–Trinajstić information content (AvgIpc) is 2.87. The third kappa shape index (κ3) is 5.92. The lowest BCUT2D eigenvalue weighted by Crippen LogP contribution is -2.31. The Kier molecular flexibility index (Phi) is 8.24. The van der Waals surface area contributed by atoms with E-state index in [1.807, 2.05) is 24.3 Å². The van der Waals surface area contributed by atoms with Crippen molar-refractivity contribution in [2.75, 3.05) is 11.1 Å². The zero-order valence-corrected chi connectivity index (χ0v) is 22.3. The number of halogens is 4. The Hall–Kier alpha value is -3.22. The number of alkyl halides is 3. The van der Waals surface area contributed by atoms with Crippen molar-refractivity contribution >= 4 is 40.7 Å². The van der Waals surface area contributed by atoms with Crippen LogP contribution in [0.15, 0.2) is 64.3 Å². The number of dihydropyridines is 1. The van der Waals surface area contributed by atoms with Gasteiger partial charge in [-0.1, -0.05) is 61.5 Å². The van der Waals surface area contributed by atoms with Gasteiger partial charge in [-0.25, -0.2) is 0 Å². The number of ketones is 1. The summed E-state index contributed by atoms with van der Waals surface area (Å²) in [6.07, 6.45) is -2.86. The molecule has 1 amide bonds. The summed E-state index contributed by atoms with van der Waals surface area (Å²) in [5.41, 5.74) is 2.51. The molecular weight excluding hydrogens is 535 g/mol. The van der Waals surface area contributed by atoms with Crippen LogP contribution in [0.3, 0.4) is 0 Å². The molecule has 0 saturated heterocycles. The number of hydrogen-bond acceptors (Lipinski definition) is 5. The molecule has 0 spiro atoms. The number of nitrogens with one attached hydrogen (secondary N) is 2. The maximum atomic E-state index is 13.1. The fourth-order valence-electron chi connectivity index (χ4n) is 4.57. The van der Waals surface area contributed by atoms with Crippen LogP contribution >= 0.6 is 23.4 Å².